The fraction of sp³-hybridized carbons (Fsp3) is 0.529. The summed E-state index contributed by atoms with van der Waals surface area (Å²) in [4.78, 5) is 25.9. The van der Waals surface area contributed by atoms with E-state index < -0.39 is 6.04 Å². The Morgan fingerprint density at radius 1 is 1.35 bits per heavy atom. The van der Waals surface area contributed by atoms with Crippen LogP contribution < -0.4 is 0 Å². The van der Waals surface area contributed by atoms with Gasteiger partial charge in [-0.05, 0) is 30.5 Å². The molecule has 1 aromatic rings. The molecule has 1 heterocycles. The highest BCUT2D eigenvalue weighted by Crippen LogP contribution is 2.23. The summed E-state index contributed by atoms with van der Waals surface area (Å²) in [5.74, 6) is -0.451. The first-order chi connectivity index (χ1) is 11.0. The number of carbonyl (C=O) groups is 2. The normalized spacial score (nSPS) is 20.6. The number of hydrogen-bond donors (Lipinski definition) is 0. The molecular weight excluding hydrogens is 318 g/mol. The number of methoxy groups -OCH3 is 2. The van der Waals surface area contributed by atoms with E-state index in [1.807, 2.05) is 25.1 Å². The third-order valence-electron chi connectivity index (χ3n) is 4.24. The van der Waals surface area contributed by atoms with Crippen LogP contribution in [0.5, 0.6) is 0 Å². The molecule has 126 valence electrons. The standard InChI is InChI=1S/C17H22ClNO4/c1-11-8-12(4-6-14(11)18)5-7-16(20)19-10-13(22-2)9-15(19)17(21)23-3/h4,6,8,13,15H,5,7,9-10H2,1-3H3. The Kier molecular flexibility index (Phi) is 6.02. The first kappa shape index (κ1) is 17.8. The number of halogens is 1. The summed E-state index contributed by atoms with van der Waals surface area (Å²) in [6.07, 6.45) is 1.31. The molecule has 2 atom stereocenters. The summed E-state index contributed by atoms with van der Waals surface area (Å²) < 4.78 is 10.1. The van der Waals surface area contributed by atoms with Crippen LogP contribution in [0.15, 0.2) is 18.2 Å². The lowest BCUT2D eigenvalue weighted by molar-refractivity contribution is -0.150. The Hall–Kier alpha value is -1.59. The summed E-state index contributed by atoms with van der Waals surface area (Å²) >= 11 is 6.01. The van der Waals surface area contributed by atoms with E-state index in [0.717, 1.165) is 11.1 Å². The third kappa shape index (κ3) is 4.24. The molecule has 1 fully saturated rings. The molecule has 5 nitrogen and oxygen atoms in total. The SMILES string of the molecule is COC(=O)C1CC(OC)CN1C(=O)CCc1ccc(Cl)c(C)c1. The number of rotatable bonds is 5. The molecule has 1 aliphatic heterocycles. The maximum absolute atomic E-state index is 12.5. The highest BCUT2D eigenvalue weighted by atomic mass is 35.5. The summed E-state index contributed by atoms with van der Waals surface area (Å²) in [7, 11) is 2.92. The van der Waals surface area contributed by atoms with E-state index in [4.69, 9.17) is 21.1 Å². The van der Waals surface area contributed by atoms with Crippen LogP contribution in [0.4, 0.5) is 0 Å². The Labute approximate surface area is 141 Å². The highest BCUT2D eigenvalue weighted by molar-refractivity contribution is 6.31. The minimum Gasteiger partial charge on any atom is -0.467 e. The van der Waals surface area contributed by atoms with Gasteiger partial charge in [-0.1, -0.05) is 23.7 Å². The van der Waals surface area contributed by atoms with E-state index in [1.165, 1.54) is 7.11 Å². The second-order valence-electron chi connectivity index (χ2n) is 5.76. The summed E-state index contributed by atoms with van der Waals surface area (Å²) in [6.45, 7) is 2.36. The van der Waals surface area contributed by atoms with Gasteiger partial charge < -0.3 is 14.4 Å². The lowest BCUT2D eigenvalue weighted by Crippen LogP contribution is -2.41. The second kappa shape index (κ2) is 7.79. The van der Waals surface area contributed by atoms with E-state index in [9.17, 15) is 9.59 Å². The van der Waals surface area contributed by atoms with Crippen LogP contribution in [-0.2, 0) is 25.5 Å². The Bertz CT molecular complexity index is 590. The van der Waals surface area contributed by atoms with Gasteiger partial charge in [-0.3, -0.25) is 4.79 Å². The van der Waals surface area contributed by atoms with E-state index in [-0.39, 0.29) is 18.0 Å². The fourth-order valence-electron chi connectivity index (χ4n) is 2.86. The molecule has 0 radical (unpaired) electrons. The van der Waals surface area contributed by atoms with Crippen molar-refractivity contribution in [3.05, 3.63) is 34.3 Å². The molecule has 1 aromatic carbocycles. The van der Waals surface area contributed by atoms with Crippen molar-refractivity contribution in [1.82, 2.24) is 4.90 Å². The Balaban J connectivity index is 2.00. The van der Waals surface area contributed by atoms with Crippen molar-refractivity contribution in [2.75, 3.05) is 20.8 Å². The second-order valence-corrected chi connectivity index (χ2v) is 6.17. The molecule has 0 aliphatic carbocycles. The monoisotopic (exact) mass is 339 g/mol. The number of esters is 1. The topological polar surface area (TPSA) is 55.8 Å². The van der Waals surface area contributed by atoms with Crippen LogP contribution in [-0.4, -0.2) is 49.7 Å². The molecule has 0 saturated carbocycles. The van der Waals surface area contributed by atoms with Crippen LogP contribution in [0, 0.1) is 6.92 Å². The average Bonchev–Trinajstić information content (AvgIpc) is 2.99. The molecule has 0 aromatic heterocycles. The lowest BCUT2D eigenvalue weighted by atomic mass is 10.1. The van der Waals surface area contributed by atoms with Crippen LogP contribution in [0.2, 0.25) is 5.02 Å². The predicted molar refractivity (Wildman–Crippen MR) is 87.4 cm³/mol. The molecule has 0 N–H and O–H groups in total. The van der Waals surface area contributed by atoms with E-state index in [2.05, 4.69) is 0 Å². The molecular formula is C17H22ClNO4. The zero-order valence-electron chi connectivity index (χ0n) is 13.7. The van der Waals surface area contributed by atoms with E-state index >= 15 is 0 Å². The summed E-state index contributed by atoms with van der Waals surface area (Å²) in [5, 5.41) is 0.716. The first-order valence-electron chi connectivity index (χ1n) is 7.61. The molecule has 1 saturated heterocycles. The predicted octanol–water partition coefficient (Wildman–Crippen LogP) is 2.37. The van der Waals surface area contributed by atoms with E-state index in [0.29, 0.717) is 30.8 Å². The number of ether oxygens (including phenoxy) is 2. The Morgan fingerprint density at radius 3 is 2.70 bits per heavy atom. The van der Waals surface area contributed by atoms with Crippen LogP contribution in [0.25, 0.3) is 0 Å². The average molecular weight is 340 g/mol. The number of hydrogen-bond acceptors (Lipinski definition) is 4. The van der Waals surface area contributed by atoms with Crippen molar-refractivity contribution >= 4 is 23.5 Å². The molecule has 2 unspecified atom stereocenters. The number of nitrogens with zero attached hydrogens (tertiary/aromatic N) is 1. The van der Waals surface area contributed by atoms with E-state index in [1.54, 1.807) is 12.0 Å². The van der Waals surface area contributed by atoms with Gasteiger partial charge in [0, 0.05) is 31.5 Å². The van der Waals surface area contributed by atoms with Gasteiger partial charge >= 0.3 is 5.97 Å². The lowest BCUT2D eigenvalue weighted by Gasteiger charge is -2.22. The molecule has 6 heteroatoms. The molecule has 1 amide bonds. The maximum atomic E-state index is 12.5. The van der Waals surface area contributed by atoms with Gasteiger partial charge in [0.1, 0.15) is 6.04 Å². The number of likely N-dealkylation sites (tertiary alicyclic amines) is 1. The third-order valence-corrected chi connectivity index (χ3v) is 4.66. The highest BCUT2D eigenvalue weighted by Gasteiger charge is 2.40. The maximum Gasteiger partial charge on any atom is 0.328 e. The summed E-state index contributed by atoms with van der Waals surface area (Å²) in [6, 6.07) is 5.19. The summed E-state index contributed by atoms with van der Waals surface area (Å²) in [5.41, 5.74) is 2.04. The molecule has 0 bridgehead atoms. The van der Waals surface area contributed by atoms with Crippen molar-refractivity contribution in [2.24, 2.45) is 0 Å². The number of amides is 1. The van der Waals surface area contributed by atoms with Crippen molar-refractivity contribution in [3.8, 4) is 0 Å². The number of aryl methyl sites for hydroxylation is 2. The molecule has 1 aliphatic rings. The van der Waals surface area contributed by atoms with Crippen LogP contribution in [0.3, 0.4) is 0 Å². The van der Waals surface area contributed by atoms with Gasteiger partial charge in [0.05, 0.1) is 13.2 Å². The fourth-order valence-corrected chi connectivity index (χ4v) is 2.98. The van der Waals surface area contributed by atoms with Crippen LogP contribution >= 0.6 is 11.6 Å². The van der Waals surface area contributed by atoms with Gasteiger partial charge in [0.15, 0.2) is 0 Å². The molecule has 2 rings (SSSR count). The smallest absolute Gasteiger partial charge is 0.328 e. The minimum absolute atomic E-state index is 0.0625. The van der Waals surface area contributed by atoms with Crippen LogP contribution in [0.1, 0.15) is 24.0 Å². The number of carbonyl (C=O) groups excluding carboxylic acids is 2. The van der Waals surface area contributed by atoms with Crippen molar-refractivity contribution in [3.63, 3.8) is 0 Å². The van der Waals surface area contributed by atoms with Gasteiger partial charge in [0.2, 0.25) is 5.91 Å². The minimum atomic E-state index is -0.551. The van der Waals surface area contributed by atoms with Gasteiger partial charge in [-0.25, -0.2) is 4.79 Å². The quantitative estimate of drug-likeness (QED) is 0.773. The zero-order valence-corrected chi connectivity index (χ0v) is 14.4. The van der Waals surface area contributed by atoms with Gasteiger partial charge in [-0.15, -0.1) is 0 Å². The van der Waals surface area contributed by atoms with Crippen molar-refractivity contribution in [2.45, 2.75) is 38.3 Å². The van der Waals surface area contributed by atoms with Crippen molar-refractivity contribution < 1.29 is 19.1 Å². The first-order valence-corrected chi connectivity index (χ1v) is 7.99. The van der Waals surface area contributed by atoms with Gasteiger partial charge in [0.25, 0.3) is 0 Å². The van der Waals surface area contributed by atoms with Crippen molar-refractivity contribution in [1.29, 1.82) is 0 Å². The number of benzene rings is 1. The zero-order chi connectivity index (χ0) is 17.0. The molecule has 23 heavy (non-hydrogen) atoms. The molecule has 0 spiro atoms. The van der Waals surface area contributed by atoms with Gasteiger partial charge in [-0.2, -0.15) is 0 Å². The largest absolute Gasteiger partial charge is 0.467 e. The Morgan fingerprint density at radius 2 is 2.09 bits per heavy atom.